The SMILES string of the molecule is Cc1c(Cl)cccc1N(CC1CCCO1)C(=O)C(N)=O. The topological polar surface area (TPSA) is 72.6 Å². The molecule has 108 valence electrons. The quantitative estimate of drug-likeness (QED) is 0.862. The van der Waals surface area contributed by atoms with Gasteiger partial charge in [-0.25, -0.2) is 0 Å². The molecule has 20 heavy (non-hydrogen) atoms. The van der Waals surface area contributed by atoms with Crippen molar-refractivity contribution >= 4 is 29.1 Å². The second-order valence-corrected chi connectivity index (χ2v) is 5.21. The fourth-order valence-corrected chi connectivity index (χ4v) is 2.47. The van der Waals surface area contributed by atoms with Crippen LogP contribution in [0.3, 0.4) is 0 Å². The third-order valence-electron chi connectivity index (χ3n) is 3.40. The summed E-state index contributed by atoms with van der Waals surface area (Å²) in [5.41, 5.74) is 6.46. The molecule has 0 bridgehead atoms. The lowest BCUT2D eigenvalue weighted by molar-refractivity contribution is -0.135. The second-order valence-electron chi connectivity index (χ2n) is 4.80. The van der Waals surface area contributed by atoms with Gasteiger partial charge < -0.3 is 15.4 Å². The normalized spacial score (nSPS) is 18.0. The van der Waals surface area contributed by atoms with E-state index in [1.165, 1.54) is 4.90 Å². The zero-order chi connectivity index (χ0) is 14.7. The molecule has 2 N–H and O–H groups in total. The number of anilines is 1. The maximum absolute atomic E-state index is 12.0. The van der Waals surface area contributed by atoms with Gasteiger partial charge in [-0.05, 0) is 37.5 Å². The van der Waals surface area contributed by atoms with Crippen LogP contribution < -0.4 is 10.6 Å². The van der Waals surface area contributed by atoms with Crippen LogP contribution in [0.2, 0.25) is 5.02 Å². The second kappa shape index (κ2) is 6.24. The first kappa shape index (κ1) is 14.8. The highest BCUT2D eigenvalue weighted by atomic mass is 35.5. The largest absolute Gasteiger partial charge is 0.376 e. The summed E-state index contributed by atoms with van der Waals surface area (Å²) >= 11 is 6.07. The fourth-order valence-electron chi connectivity index (χ4n) is 2.30. The molecule has 2 amide bonds. The number of hydrogen-bond donors (Lipinski definition) is 1. The van der Waals surface area contributed by atoms with E-state index in [4.69, 9.17) is 22.1 Å². The number of carbonyl (C=O) groups excluding carboxylic acids is 2. The smallest absolute Gasteiger partial charge is 0.316 e. The lowest BCUT2D eigenvalue weighted by Gasteiger charge is -2.26. The van der Waals surface area contributed by atoms with Crippen LogP contribution in [-0.4, -0.2) is 31.1 Å². The number of ether oxygens (including phenoxy) is 1. The number of nitrogens with zero attached hydrogens (tertiary/aromatic N) is 1. The molecule has 5 nitrogen and oxygen atoms in total. The molecule has 1 saturated heterocycles. The lowest BCUT2D eigenvalue weighted by Crippen LogP contribution is -2.44. The van der Waals surface area contributed by atoms with Crippen LogP contribution in [0, 0.1) is 6.92 Å². The minimum Gasteiger partial charge on any atom is -0.376 e. The molecule has 1 aromatic carbocycles. The van der Waals surface area contributed by atoms with Crippen LogP contribution >= 0.6 is 11.6 Å². The molecule has 1 aromatic rings. The van der Waals surface area contributed by atoms with Crippen molar-refractivity contribution in [2.75, 3.05) is 18.1 Å². The predicted octanol–water partition coefficient (Wildman–Crippen LogP) is 1.65. The van der Waals surface area contributed by atoms with Gasteiger partial charge in [0.15, 0.2) is 0 Å². The zero-order valence-electron chi connectivity index (χ0n) is 11.3. The van der Waals surface area contributed by atoms with Gasteiger partial charge in [-0.3, -0.25) is 9.59 Å². The van der Waals surface area contributed by atoms with E-state index >= 15 is 0 Å². The Labute approximate surface area is 122 Å². The standard InChI is InChI=1S/C14H17ClN2O3/c1-9-11(15)5-2-6-12(9)17(14(19)13(16)18)8-10-4-3-7-20-10/h2,5-6,10H,3-4,7-8H2,1H3,(H2,16,18). The summed E-state index contributed by atoms with van der Waals surface area (Å²) < 4.78 is 5.53. The van der Waals surface area contributed by atoms with Gasteiger partial charge in [0, 0.05) is 17.3 Å². The molecule has 0 radical (unpaired) electrons. The number of benzene rings is 1. The number of hydrogen-bond acceptors (Lipinski definition) is 3. The van der Waals surface area contributed by atoms with Gasteiger partial charge in [0.2, 0.25) is 0 Å². The monoisotopic (exact) mass is 296 g/mol. The van der Waals surface area contributed by atoms with Crippen molar-refractivity contribution < 1.29 is 14.3 Å². The summed E-state index contributed by atoms with van der Waals surface area (Å²) in [6.45, 7) is 2.79. The van der Waals surface area contributed by atoms with Gasteiger partial charge in [0.1, 0.15) is 0 Å². The molecule has 0 spiro atoms. The number of primary amides is 1. The summed E-state index contributed by atoms with van der Waals surface area (Å²) in [6, 6.07) is 5.22. The van der Waals surface area contributed by atoms with E-state index in [1.807, 2.05) is 0 Å². The van der Waals surface area contributed by atoms with Crippen molar-refractivity contribution in [3.63, 3.8) is 0 Å². The molecule has 0 aliphatic carbocycles. The van der Waals surface area contributed by atoms with Crippen LogP contribution in [0.4, 0.5) is 5.69 Å². The van der Waals surface area contributed by atoms with Crippen molar-refractivity contribution in [3.05, 3.63) is 28.8 Å². The van der Waals surface area contributed by atoms with Crippen LogP contribution in [0.15, 0.2) is 18.2 Å². The van der Waals surface area contributed by atoms with Crippen LogP contribution in [-0.2, 0) is 14.3 Å². The third-order valence-corrected chi connectivity index (χ3v) is 3.81. The molecule has 1 atom stereocenters. The maximum atomic E-state index is 12.0. The highest BCUT2D eigenvalue weighted by Gasteiger charge is 2.27. The highest BCUT2D eigenvalue weighted by Crippen LogP contribution is 2.28. The zero-order valence-corrected chi connectivity index (χ0v) is 12.0. The van der Waals surface area contributed by atoms with Crippen molar-refractivity contribution in [3.8, 4) is 0 Å². The average molecular weight is 297 g/mol. The number of amides is 2. The molecule has 1 aliphatic heterocycles. The summed E-state index contributed by atoms with van der Waals surface area (Å²) in [4.78, 5) is 24.6. The molecular formula is C14H17ClN2O3. The minimum absolute atomic E-state index is 0.0725. The fraction of sp³-hybridized carbons (Fsp3) is 0.429. The van der Waals surface area contributed by atoms with E-state index in [0.29, 0.717) is 23.9 Å². The van der Waals surface area contributed by atoms with E-state index in [0.717, 1.165) is 18.4 Å². The number of nitrogens with two attached hydrogens (primary N) is 1. The molecule has 6 heteroatoms. The summed E-state index contributed by atoms with van der Waals surface area (Å²) in [6.07, 6.45) is 1.75. The molecular weight excluding hydrogens is 280 g/mol. The first-order valence-corrected chi connectivity index (χ1v) is 6.86. The Morgan fingerprint density at radius 3 is 2.85 bits per heavy atom. The average Bonchev–Trinajstić information content (AvgIpc) is 2.91. The minimum atomic E-state index is -0.984. The lowest BCUT2D eigenvalue weighted by atomic mass is 10.1. The van der Waals surface area contributed by atoms with Gasteiger partial charge in [-0.2, -0.15) is 0 Å². The van der Waals surface area contributed by atoms with Crippen molar-refractivity contribution in [2.45, 2.75) is 25.9 Å². The number of halogens is 1. The predicted molar refractivity (Wildman–Crippen MR) is 76.7 cm³/mol. The number of rotatable bonds is 3. The van der Waals surface area contributed by atoms with Gasteiger partial charge in [0.05, 0.1) is 12.6 Å². The Bertz CT molecular complexity index is 527. The van der Waals surface area contributed by atoms with Crippen molar-refractivity contribution in [2.24, 2.45) is 5.73 Å². The Hall–Kier alpha value is -1.59. The van der Waals surface area contributed by atoms with E-state index in [-0.39, 0.29) is 6.10 Å². The van der Waals surface area contributed by atoms with E-state index in [2.05, 4.69) is 0 Å². The van der Waals surface area contributed by atoms with E-state index in [9.17, 15) is 9.59 Å². The Balaban J connectivity index is 2.32. The van der Waals surface area contributed by atoms with Gasteiger partial charge >= 0.3 is 11.8 Å². The number of carbonyl (C=O) groups is 2. The summed E-state index contributed by atoms with van der Waals surface area (Å²) in [5.74, 6) is -1.73. The van der Waals surface area contributed by atoms with Crippen molar-refractivity contribution in [1.82, 2.24) is 0 Å². The first-order chi connectivity index (χ1) is 9.50. The molecule has 1 aliphatic rings. The Morgan fingerprint density at radius 2 is 2.25 bits per heavy atom. The maximum Gasteiger partial charge on any atom is 0.316 e. The van der Waals surface area contributed by atoms with Crippen LogP contribution in [0.5, 0.6) is 0 Å². The van der Waals surface area contributed by atoms with Gasteiger partial charge in [-0.1, -0.05) is 17.7 Å². The highest BCUT2D eigenvalue weighted by molar-refractivity contribution is 6.40. The van der Waals surface area contributed by atoms with Gasteiger partial charge in [-0.15, -0.1) is 0 Å². The molecule has 0 saturated carbocycles. The van der Waals surface area contributed by atoms with Gasteiger partial charge in [0.25, 0.3) is 0 Å². The molecule has 0 aromatic heterocycles. The Kier molecular flexibility index (Phi) is 4.62. The molecule has 1 unspecified atom stereocenters. The van der Waals surface area contributed by atoms with Crippen molar-refractivity contribution in [1.29, 1.82) is 0 Å². The molecule has 1 fully saturated rings. The summed E-state index contributed by atoms with van der Waals surface area (Å²) in [7, 11) is 0. The molecule has 2 rings (SSSR count). The third kappa shape index (κ3) is 3.11. The van der Waals surface area contributed by atoms with Crippen LogP contribution in [0.25, 0.3) is 0 Å². The first-order valence-electron chi connectivity index (χ1n) is 6.48. The van der Waals surface area contributed by atoms with E-state index < -0.39 is 11.8 Å². The van der Waals surface area contributed by atoms with E-state index in [1.54, 1.807) is 25.1 Å². The molecule has 1 heterocycles. The Morgan fingerprint density at radius 1 is 1.50 bits per heavy atom. The summed E-state index contributed by atoms with van der Waals surface area (Å²) in [5, 5.41) is 0.539. The van der Waals surface area contributed by atoms with Crippen LogP contribution in [0.1, 0.15) is 18.4 Å².